The van der Waals surface area contributed by atoms with Crippen LogP contribution >= 0.6 is 0 Å². The van der Waals surface area contributed by atoms with E-state index in [1.807, 2.05) is 0 Å². The molecule has 1 aliphatic heterocycles. The third-order valence-electron chi connectivity index (χ3n) is 4.63. The van der Waals surface area contributed by atoms with Gasteiger partial charge in [0.2, 0.25) is 15.9 Å². The molecule has 0 N–H and O–H groups in total. The quantitative estimate of drug-likeness (QED) is 0.757. The summed E-state index contributed by atoms with van der Waals surface area (Å²) >= 11 is 0. The van der Waals surface area contributed by atoms with Crippen LogP contribution in [0.1, 0.15) is 5.56 Å². The highest BCUT2D eigenvalue weighted by atomic mass is 32.2. The first kappa shape index (κ1) is 20.2. The number of carbonyl (C=O) groups is 1. The van der Waals surface area contributed by atoms with Crippen LogP contribution in [0.3, 0.4) is 0 Å². The van der Waals surface area contributed by atoms with Crippen molar-refractivity contribution in [3.05, 3.63) is 59.7 Å². The first-order chi connectivity index (χ1) is 13.3. The predicted octanol–water partition coefficient (Wildman–Crippen LogP) is 2.05. The molecule has 0 saturated carbocycles. The van der Waals surface area contributed by atoms with Gasteiger partial charge >= 0.3 is 0 Å². The lowest BCUT2D eigenvalue weighted by atomic mass is 10.1. The van der Waals surface area contributed by atoms with E-state index >= 15 is 0 Å². The molecule has 0 unspecified atom stereocenters. The number of piperazine rings is 1. The zero-order valence-corrected chi connectivity index (χ0v) is 16.1. The van der Waals surface area contributed by atoms with Crippen LogP contribution in [0, 0.1) is 11.6 Å². The number of ether oxygens (including phenoxy) is 1. The van der Waals surface area contributed by atoms with Gasteiger partial charge in [-0.15, -0.1) is 0 Å². The van der Waals surface area contributed by atoms with Gasteiger partial charge in [0.15, 0.2) is 11.6 Å². The maximum atomic E-state index is 13.4. The van der Waals surface area contributed by atoms with Crippen LogP contribution in [0.25, 0.3) is 0 Å². The number of benzene rings is 2. The van der Waals surface area contributed by atoms with Crippen molar-refractivity contribution in [2.75, 3.05) is 33.3 Å². The van der Waals surface area contributed by atoms with E-state index < -0.39 is 21.7 Å². The van der Waals surface area contributed by atoms with Crippen molar-refractivity contribution in [1.29, 1.82) is 0 Å². The molecule has 1 amide bonds. The Bertz CT molecular complexity index is 956. The Kier molecular flexibility index (Phi) is 5.95. The summed E-state index contributed by atoms with van der Waals surface area (Å²) in [6.45, 7) is 0.654. The topological polar surface area (TPSA) is 66.9 Å². The summed E-state index contributed by atoms with van der Waals surface area (Å²) in [6, 6.07) is 9.66. The summed E-state index contributed by atoms with van der Waals surface area (Å²) in [5, 5.41) is 0. The van der Waals surface area contributed by atoms with E-state index in [0.717, 1.165) is 17.7 Å². The van der Waals surface area contributed by atoms with Crippen LogP contribution in [0.15, 0.2) is 47.4 Å². The molecule has 1 heterocycles. The first-order valence-corrected chi connectivity index (χ1v) is 10.1. The third-order valence-corrected chi connectivity index (χ3v) is 6.53. The average Bonchev–Trinajstić information content (AvgIpc) is 2.70. The van der Waals surface area contributed by atoms with Gasteiger partial charge < -0.3 is 9.64 Å². The Labute approximate surface area is 162 Å². The van der Waals surface area contributed by atoms with Crippen molar-refractivity contribution in [2.24, 2.45) is 0 Å². The number of methoxy groups -OCH3 is 1. The molecule has 0 aliphatic carbocycles. The van der Waals surface area contributed by atoms with E-state index in [1.165, 1.54) is 4.31 Å². The van der Waals surface area contributed by atoms with E-state index in [9.17, 15) is 22.0 Å². The number of hydrogen-bond acceptors (Lipinski definition) is 4. The lowest BCUT2D eigenvalue weighted by molar-refractivity contribution is -0.131. The molecular weight excluding hydrogens is 390 g/mol. The zero-order valence-electron chi connectivity index (χ0n) is 15.3. The molecule has 6 nitrogen and oxygen atoms in total. The van der Waals surface area contributed by atoms with Crippen LogP contribution in [0.2, 0.25) is 0 Å². The molecule has 0 spiro atoms. The van der Waals surface area contributed by atoms with Gasteiger partial charge in [-0.1, -0.05) is 12.1 Å². The van der Waals surface area contributed by atoms with E-state index in [1.54, 1.807) is 36.3 Å². The van der Waals surface area contributed by atoms with Gasteiger partial charge in [-0.3, -0.25) is 4.79 Å². The third kappa shape index (κ3) is 4.31. The second kappa shape index (κ2) is 8.24. The fourth-order valence-corrected chi connectivity index (χ4v) is 4.43. The minimum Gasteiger partial charge on any atom is -0.497 e. The lowest BCUT2D eigenvalue weighted by Crippen LogP contribution is -2.50. The number of hydrogen-bond donors (Lipinski definition) is 0. The molecule has 0 bridgehead atoms. The maximum Gasteiger partial charge on any atom is 0.243 e. The van der Waals surface area contributed by atoms with Crippen molar-refractivity contribution < 1.29 is 26.7 Å². The van der Waals surface area contributed by atoms with Crippen molar-refractivity contribution in [3.63, 3.8) is 0 Å². The van der Waals surface area contributed by atoms with Crippen molar-refractivity contribution in [2.45, 2.75) is 11.3 Å². The SMILES string of the molecule is COc1ccc(CC(=O)N2CCN(S(=O)(=O)c3ccc(F)c(F)c3)CC2)cc1. The average molecular weight is 410 g/mol. The first-order valence-electron chi connectivity index (χ1n) is 8.67. The van der Waals surface area contributed by atoms with Crippen LogP contribution in [0.4, 0.5) is 8.78 Å². The minimum atomic E-state index is -3.94. The fraction of sp³-hybridized carbons (Fsp3) is 0.316. The van der Waals surface area contributed by atoms with E-state index in [-0.39, 0.29) is 43.4 Å². The summed E-state index contributed by atoms with van der Waals surface area (Å²) in [6.07, 6.45) is 0.208. The van der Waals surface area contributed by atoms with E-state index in [0.29, 0.717) is 11.8 Å². The molecule has 9 heteroatoms. The van der Waals surface area contributed by atoms with Crippen molar-refractivity contribution >= 4 is 15.9 Å². The van der Waals surface area contributed by atoms with Crippen LogP contribution < -0.4 is 4.74 Å². The fourth-order valence-electron chi connectivity index (χ4n) is 2.99. The van der Waals surface area contributed by atoms with Crippen molar-refractivity contribution in [1.82, 2.24) is 9.21 Å². The van der Waals surface area contributed by atoms with Crippen LogP contribution in [-0.2, 0) is 21.2 Å². The summed E-state index contributed by atoms with van der Waals surface area (Å²) in [5.41, 5.74) is 0.836. The normalized spacial score (nSPS) is 15.5. The molecular formula is C19H20F2N2O4S. The number of halogens is 2. The Morgan fingerprint density at radius 3 is 2.21 bits per heavy atom. The van der Waals surface area contributed by atoms with Gasteiger partial charge in [0.05, 0.1) is 18.4 Å². The van der Waals surface area contributed by atoms with Crippen LogP contribution in [0.5, 0.6) is 5.75 Å². The monoisotopic (exact) mass is 410 g/mol. The summed E-state index contributed by atoms with van der Waals surface area (Å²) in [7, 11) is -2.38. The number of sulfonamides is 1. The highest BCUT2D eigenvalue weighted by Crippen LogP contribution is 2.20. The molecule has 2 aromatic carbocycles. The standard InChI is InChI=1S/C19H20F2N2O4S/c1-27-15-4-2-14(3-5-15)12-19(24)22-8-10-23(11-9-22)28(25,26)16-6-7-17(20)18(21)13-16/h2-7,13H,8-12H2,1H3. The number of rotatable bonds is 5. The summed E-state index contributed by atoms with van der Waals surface area (Å²) in [5.74, 6) is -1.72. The van der Waals surface area contributed by atoms with Gasteiger partial charge in [-0.2, -0.15) is 4.31 Å². The lowest BCUT2D eigenvalue weighted by Gasteiger charge is -2.34. The molecule has 0 atom stereocenters. The molecule has 1 aliphatic rings. The molecule has 0 radical (unpaired) electrons. The van der Waals surface area contributed by atoms with Gasteiger partial charge in [0.25, 0.3) is 0 Å². The van der Waals surface area contributed by atoms with Gasteiger partial charge in [0, 0.05) is 26.2 Å². The molecule has 1 fully saturated rings. The van der Waals surface area contributed by atoms with Crippen molar-refractivity contribution in [3.8, 4) is 5.75 Å². The molecule has 3 rings (SSSR count). The molecule has 1 saturated heterocycles. The second-order valence-corrected chi connectivity index (χ2v) is 8.32. The van der Waals surface area contributed by atoms with Gasteiger partial charge in [0.1, 0.15) is 5.75 Å². The Morgan fingerprint density at radius 1 is 1.00 bits per heavy atom. The highest BCUT2D eigenvalue weighted by Gasteiger charge is 2.30. The van der Waals surface area contributed by atoms with Gasteiger partial charge in [-0.05, 0) is 35.9 Å². The van der Waals surface area contributed by atoms with E-state index in [4.69, 9.17) is 4.74 Å². The Balaban J connectivity index is 1.61. The number of amides is 1. The molecule has 2 aromatic rings. The minimum absolute atomic E-state index is 0.0929. The zero-order chi connectivity index (χ0) is 20.3. The predicted molar refractivity (Wildman–Crippen MR) is 98.4 cm³/mol. The second-order valence-electron chi connectivity index (χ2n) is 6.39. The largest absolute Gasteiger partial charge is 0.497 e. The maximum absolute atomic E-state index is 13.4. The summed E-state index contributed by atoms with van der Waals surface area (Å²) < 4.78 is 57.9. The van der Waals surface area contributed by atoms with Crippen LogP contribution in [-0.4, -0.2) is 56.8 Å². The smallest absolute Gasteiger partial charge is 0.243 e. The van der Waals surface area contributed by atoms with Gasteiger partial charge in [-0.25, -0.2) is 17.2 Å². The number of nitrogens with zero attached hydrogens (tertiary/aromatic N) is 2. The molecule has 28 heavy (non-hydrogen) atoms. The Morgan fingerprint density at radius 2 is 1.64 bits per heavy atom. The molecule has 0 aromatic heterocycles. The number of carbonyl (C=O) groups excluding carboxylic acids is 1. The molecule has 150 valence electrons. The van der Waals surface area contributed by atoms with E-state index in [2.05, 4.69) is 0 Å². The Hall–Kier alpha value is -2.52. The summed E-state index contributed by atoms with van der Waals surface area (Å²) in [4.78, 5) is 13.8. The highest BCUT2D eigenvalue weighted by molar-refractivity contribution is 7.89.